The summed E-state index contributed by atoms with van der Waals surface area (Å²) >= 11 is 3.36. The fourth-order valence-corrected chi connectivity index (χ4v) is 3.15. The molecular formula is C23H21BrN2O5. The van der Waals surface area contributed by atoms with Crippen molar-refractivity contribution in [2.24, 2.45) is 0 Å². The van der Waals surface area contributed by atoms with Gasteiger partial charge in [-0.15, -0.1) is 0 Å². The Morgan fingerprint density at radius 3 is 2.10 bits per heavy atom. The van der Waals surface area contributed by atoms with E-state index in [0.29, 0.717) is 34.2 Å². The van der Waals surface area contributed by atoms with Gasteiger partial charge in [0, 0.05) is 22.2 Å². The number of hydrogen-bond donors (Lipinski definition) is 2. The number of carbonyl (C=O) groups is 2. The van der Waals surface area contributed by atoms with Gasteiger partial charge in [0.15, 0.2) is 6.61 Å². The molecule has 0 aliphatic rings. The molecule has 0 aromatic heterocycles. The number of methoxy groups -OCH3 is 2. The number of nitrogens with one attached hydrogen (secondary N) is 2. The van der Waals surface area contributed by atoms with Crippen molar-refractivity contribution in [1.29, 1.82) is 0 Å². The second kappa shape index (κ2) is 10.5. The molecule has 0 spiro atoms. The molecule has 8 heteroatoms. The summed E-state index contributed by atoms with van der Waals surface area (Å²) in [7, 11) is 2.94. The second-order valence-electron chi connectivity index (χ2n) is 6.37. The average molecular weight is 485 g/mol. The molecule has 0 fully saturated rings. The van der Waals surface area contributed by atoms with E-state index >= 15 is 0 Å². The first kappa shape index (κ1) is 22.2. The fraction of sp³-hybridized carbons (Fsp3) is 0.130. The lowest BCUT2D eigenvalue weighted by Gasteiger charge is -2.16. The molecule has 2 amide bonds. The highest BCUT2D eigenvalue weighted by Gasteiger charge is 2.16. The normalized spacial score (nSPS) is 10.2. The van der Waals surface area contributed by atoms with Gasteiger partial charge in [0.25, 0.3) is 11.8 Å². The molecule has 0 atom stereocenters. The molecule has 0 bridgehead atoms. The van der Waals surface area contributed by atoms with E-state index in [2.05, 4.69) is 26.6 Å². The molecule has 160 valence electrons. The molecule has 0 saturated heterocycles. The zero-order valence-electron chi connectivity index (χ0n) is 17.0. The zero-order valence-corrected chi connectivity index (χ0v) is 18.6. The van der Waals surface area contributed by atoms with Gasteiger partial charge in [0.2, 0.25) is 0 Å². The molecule has 3 aromatic rings. The minimum absolute atomic E-state index is 0.186. The van der Waals surface area contributed by atoms with Crippen LogP contribution in [0.3, 0.4) is 0 Å². The predicted octanol–water partition coefficient (Wildman–Crippen LogP) is 4.74. The summed E-state index contributed by atoms with van der Waals surface area (Å²) in [4.78, 5) is 24.9. The number of carbonyl (C=O) groups excluding carboxylic acids is 2. The minimum atomic E-state index is -0.374. The quantitative estimate of drug-likeness (QED) is 0.482. The van der Waals surface area contributed by atoms with Crippen LogP contribution in [0.5, 0.6) is 17.2 Å². The Bertz CT molecular complexity index is 1070. The molecular weight excluding hydrogens is 464 g/mol. The summed E-state index contributed by atoms with van der Waals surface area (Å²) in [6, 6.07) is 19.2. The van der Waals surface area contributed by atoms with Gasteiger partial charge in [-0.25, -0.2) is 0 Å². The third-order valence-electron chi connectivity index (χ3n) is 4.25. The second-order valence-corrected chi connectivity index (χ2v) is 7.28. The topological polar surface area (TPSA) is 85.9 Å². The van der Waals surface area contributed by atoms with Crippen LogP contribution in [0, 0.1) is 0 Å². The van der Waals surface area contributed by atoms with E-state index in [0.717, 1.165) is 4.47 Å². The molecule has 0 saturated carbocycles. The van der Waals surface area contributed by atoms with E-state index in [1.54, 1.807) is 48.5 Å². The van der Waals surface area contributed by atoms with Gasteiger partial charge >= 0.3 is 0 Å². The Labute approximate surface area is 188 Å². The van der Waals surface area contributed by atoms with Crippen molar-refractivity contribution < 1.29 is 23.8 Å². The number of ether oxygens (including phenoxy) is 3. The van der Waals surface area contributed by atoms with Crippen LogP contribution in [0.1, 0.15) is 10.4 Å². The van der Waals surface area contributed by atoms with Crippen molar-refractivity contribution in [3.63, 3.8) is 0 Å². The van der Waals surface area contributed by atoms with E-state index in [4.69, 9.17) is 14.2 Å². The van der Waals surface area contributed by atoms with E-state index in [9.17, 15) is 9.59 Å². The van der Waals surface area contributed by atoms with Crippen molar-refractivity contribution in [2.75, 3.05) is 31.5 Å². The van der Waals surface area contributed by atoms with Gasteiger partial charge in [-0.3, -0.25) is 9.59 Å². The van der Waals surface area contributed by atoms with Gasteiger partial charge in [-0.1, -0.05) is 40.2 Å². The van der Waals surface area contributed by atoms with E-state index in [-0.39, 0.29) is 18.4 Å². The van der Waals surface area contributed by atoms with Crippen molar-refractivity contribution in [1.82, 2.24) is 0 Å². The lowest BCUT2D eigenvalue weighted by molar-refractivity contribution is -0.118. The summed E-state index contributed by atoms with van der Waals surface area (Å²) in [6.07, 6.45) is 0. The van der Waals surface area contributed by atoms with E-state index < -0.39 is 0 Å². The summed E-state index contributed by atoms with van der Waals surface area (Å²) in [6.45, 7) is -0.186. The Hall–Kier alpha value is -3.52. The maximum Gasteiger partial charge on any atom is 0.262 e. The van der Waals surface area contributed by atoms with Gasteiger partial charge in [-0.2, -0.15) is 0 Å². The number of amides is 2. The third-order valence-corrected chi connectivity index (χ3v) is 4.74. The van der Waals surface area contributed by atoms with E-state index in [1.807, 2.05) is 18.2 Å². The molecule has 0 radical (unpaired) electrons. The van der Waals surface area contributed by atoms with Gasteiger partial charge < -0.3 is 24.8 Å². The number of anilines is 2. The summed E-state index contributed by atoms with van der Waals surface area (Å²) < 4.78 is 17.1. The molecule has 0 aliphatic heterocycles. The monoisotopic (exact) mass is 484 g/mol. The zero-order chi connectivity index (χ0) is 22.2. The van der Waals surface area contributed by atoms with Crippen LogP contribution >= 0.6 is 15.9 Å². The van der Waals surface area contributed by atoms with Crippen molar-refractivity contribution in [3.8, 4) is 17.2 Å². The highest BCUT2D eigenvalue weighted by molar-refractivity contribution is 9.10. The van der Waals surface area contributed by atoms with Crippen LogP contribution in [0.15, 0.2) is 71.2 Å². The Kier molecular flexibility index (Phi) is 7.50. The SMILES string of the molecule is COc1cc(NC(=O)c2ccccc2)c(OC)cc1NC(=O)COc1cccc(Br)c1. The molecule has 3 rings (SSSR count). The van der Waals surface area contributed by atoms with Crippen LogP contribution in [-0.2, 0) is 4.79 Å². The first-order valence-corrected chi connectivity index (χ1v) is 10.1. The molecule has 31 heavy (non-hydrogen) atoms. The van der Waals surface area contributed by atoms with Crippen LogP contribution in [-0.4, -0.2) is 32.6 Å². The van der Waals surface area contributed by atoms with E-state index in [1.165, 1.54) is 14.2 Å². The Morgan fingerprint density at radius 1 is 0.839 bits per heavy atom. The molecule has 0 heterocycles. The highest BCUT2D eigenvalue weighted by Crippen LogP contribution is 2.36. The van der Waals surface area contributed by atoms with Crippen molar-refractivity contribution in [3.05, 3.63) is 76.8 Å². The molecule has 0 aliphatic carbocycles. The van der Waals surface area contributed by atoms with Gasteiger partial charge in [0.1, 0.15) is 17.2 Å². The Morgan fingerprint density at radius 2 is 1.48 bits per heavy atom. The summed E-state index contributed by atoms with van der Waals surface area (Å²) in [5.41, 5.74) is 1.31. The minimum Gasteiger partial charge on any atom is -0.494 e. The molecule has 2 N–H and O–H groups in total. The third kappa shape index (κ3) is 5.99. The first-order chi connectivity index (χ1) is 15.0. The maximum atomic E-state index is 12.5. The maximum absolute atomic E-state index is 12.5. The van der Waals surface area contributed by atoms with Crippen LogP contribution in [0.4, 0.5) is 11.4 Å². The predicted molar refractivity (Wildman–Crippen MR) is 122 cm³/mol. The van der Waals surface area contributed by atoms with Gasteiger partial charge in [-0.05, 0) is 30.3 Å². The van der Waals surface area contributed by atoms with Crippen LogP contribution in [0.2, 0.25) is 0 Å². The summed E-state index contributed by atoms with van der Waals surface area (Å²) in [5, 5.41) is 5.54. The first-order valence-electron chi connectivity index (χ1n) is 9.31. The summed E-state index contributed by atoms with van der Waals surface area (Å²) in [5.74, 6) is 0.628. The molecule has 3 aromatic carbocycles. The molecule has 7 nitrogen and oxygen atoms in total. The Balaban J connectivity index is 1.73. The standard InChI is InChI=1S/C23H21BrN2O5/c1-29-20-13-19(26-23(28)15-7-4-3-5-8-15)21(30-2)12-18(20)25-22(27)14-31-17-10-6-9-16(24)11-17/h3-13H,14H2,1-2H3,(H,25,27)(H,26,28). The number of rotatable bonds is 8. The highest BCUT2D eigenvalue weighted by atomic mass is 79.9. The molecule has 0 unspecified atom stereocenters. The fourth-order valence-electron chi connectivity index (χ4n) is 2.77. The number of benzene rings is 3. The lowest BCUT2D eigenvalue weighted by Crippen LogP contribution is -2.21. The van der Waals surface area contributed by atoms with Gasteiger partial charge in [0.05, 0.1) is 25.6 Å². The number of hydrogen-bond acceptors (Lipinski definition) is 5. The number of halogens is 1. The average Bonchev–Trinajstić information content (AvgIpc) is 2.79. The van der Waals surface area contributed by atoms with Crippen LogP contribution < -0.4 is 24.8 Å². The van der Waals surface area contributed by atoms with Crippen molar-refractivity contribution >= 4 is 39.1 Å². The van der Waals surface area contributed by atoms with Crippen molar-refractivity contribution in [2.45, 2.75) is 0 Å². The largest absolute Gasteiger partial charge is 0.494 e. The smallest absolute Gasteiger partial charge is 0.262 e. The lowest BCUT2D eigenvalue weighted by atomic mass is 10.2. The van der Waals surface area contributed by atoms with Crippen LogP contribution in [0.25, 0.3) is 0 Å².